The van der Waals surface area contributed by atoms with Crippen LogP contribution >= 0.6 is 11.3 Å². The van der Waals surface area contributed by atoms with E-state index in [9.17, 15) is 0 Å². The van der Waals surface area contributed by atoms with E-state index in [1.54, 1.807) is 11.3 Å². The number of hydrogen-bond acceptors (Lipinski definition) is 5. The highest BCUT2D eigenvalue weighted by Crippen LogP contribution is 2.24. The maximum atomic E-state index is 4.53. The first-order valence-corrected chi connectivity index (χ1v) is 6.89. The third-order valence-electron chi connectivity index (χ3n) is 3.17. The smallest absolute Gasteiger partial charge is 0.185 e. The van der Waals surface area contributed by atoms with Crippen molar-refractivity contribution in [3.05, 3.63) is 18.3 Å². The van der Waals surface area contributed by atoms with E-state index in [0.29, 0.717) is 0 Å². The fourth-order valence-corrected chi connectivity index (χ4v) is 2.98. The van der Waals surface area contributed by atoms with Crippen LogP contribution in [0.3, 0.4) is 0 Å². The molecule has 1 saturated heterocycles. The fraction of sp³-hybridized carbons (Fsp3) is 0.500. The van der Waals surface area contributed by atoms with E-state index in [-0.39, 0.29) is 0 Å². The highest BCUT2D eigenvalue weighted by Gasteiger charge is 2.13. The number of fused-ring (bicyclic) bond motifs is 1. The average Bonchev–Trinajstić information content (AvgIpc) is 2.80. The molecule has 17 heavy (non-hydrogen) atoms. The molecular formula is C12H16N4S. The number of nitrogens with one attached hydrogen (secondary N) is 2. The Balaban J connectivity index is 1.64. The van der Waals surface area contributed by atoms with Crippen molar-refractivity contribution in [2.45, 2.75) is 12.8 Å². The molecule has 2 N–H and O–H groups in total. The van der Waals surface area contributed by atoms with Gasteiger partial charge >= 0.3 is 0 Å². The number of pyridine rings is 1. The lowest BCUT2D eigenvalue weighted by Gasteiger charge is -2.22. The maximum Gasteiger partial charge on any atom is 0.185 e. The first-order valence-electron chi connectivity index (χ1n) is 6.08. The summed E-state index contributed by atoms with van der Waals surface area (Å²) >= 11 is 1.64. The lowest BCUT2D eigenvalue weighted by molar-refractivity contribution is 0.390. The Morgan fingerprint density at radius 1 is 1.41 bits per heavy atom. The van der Waals surface area contributed by atoms with Gasteiger partial charge in [-0.05, 0) is 44.0 Å². The summed E-state index contributed by atoms with van der Waals surface area (Å²) in [5.41, 5.74) is 0.991. The van der Waals surface area contributed by atoms with Gasteiger partial charge < -0.3 is 10.6 Å². The molecule has 0 atom stereocenters. The number of rotatable bonds is 3. The summed E-state index contributed by atoms with van der Waals surface area (Å²) in [5.74, 6) is 0.774. The number of piperidine rings is 1. The molecule has 4 nitrogen and oxygen atoms in total. The first kappa shape index (κ1) is 10.9. The predicted octanol–water partition coefficient (Wildman–Crippen LogP) is 2.10. The molecule has 0 amide bonds. The molecule has 0 unspecified atom stereocenters. The molecule has 2 aromatic rings. The van der Waals surface area contributed by atoms with Crippen molar-refractivity contribution in [2.24, 2.45) is 5.92 Å². The summed E-state index contributed by atoms with van der Waals surface area (Å²) in [4.78, 5) is 9.84. The molecule has 0 aromatic carbocycles. The molecule has 0 saturated carbocycles. The zero-order valence-electron chi connectivity index (χ0n) is 9.65. The van der Waals surface area contributed by atoms with Crippen LogP contribution in [-0.2, 0) is 0 Å². The molecule has 5 heteroatoms. The van der Waals surface area contributed by atoms with E-state index in [4.69, 9.17) is 0 Å². The van der Waals surface area contributed by atoms with Crippen molar-refractivity contribution < 1.29 is 0 Å². The summed E-state index contributed by atoms with van der Waals surface area (Å²) < 4.78 is 0. The SMILES string of the molecule is c1cnc2sc(NCC3CCNCC3)nc2c1. The Labute approximate surface area is 104 Å². The molecule has 0 aliphatic carbocycles. The Morgan fingerprint density at radius 3 is 3.12 bits per heavy atom. The highest BCUT2D eigenvalue weighted by atomic mass is 32.1. The minimum absolute atomic E-state index is 0.774. The van der Waals surface area contributed by atoms with Crippen LogP contribution in [0, 0.1) is 5.92 Å². The van der Waals surface area contributed by atoms with Gasteiger partial charge in [0.05, 0.1) is 0 Å². The first-order chi connectivity index (χ1) is 8.42. The maximum absolute atomic E-state index is 4.53. The Bertz CT molecular complexity index is 457. The Hall–Kier alpha value is -1.20. The van der Waals surface area contributed by atoms with Crippen LogP contribution in [0.5, 0.6) is 0 Å². The standard InChI is InChI=1S/C12H16N4S/c1-2-10-11(14-5-1)17-12(16-10)15-8-9-3-6-13-7-4-9/h1-2,5,9,13H,3-4,6-8H2,(H,15,16). The molecule has 2 aromatic heterocycles. The average molecular weight is 248 g/mol. The van der Waals surface area contributed by atoms with Crippen molar-refractivity contribution in [3.8, 4) is 0 Å². The largest absolute Gasteiger partial charge is 0.361 e. The Kier molecular flexibility index (Phi) is 3.20. The zero-order valence-corrected chi connectivity index (χ0v) is 10.5. The van der Waals surface area contributed by atoms with Gasteiger partial charge in [-0.1, -0.05) is 11.3 Å². The van der Waals surface area contributed by atoms with Gasteiger partial charge in [-0.3, -0.25) is 0 Å². The van der Waals surface area contributed by atoms with Crippen LogP contribution in [0.15, 0.2) is 18.3 Å². The number of anilines is 1. The van der Waals surface area contributed by atoms with Gasteiger partial charge in [0.25, 0.3) is 0 Å². The van der Waals surface area contributed by atoms with Gasteiger partial charge in [0.2, 0.25) is 0 Å². The van der Waals surface area contributed by atoms with Crippen LogP contribution in [0.2, 0.25) is 0 Å². The third kappa shape index (κ3) is 2.56. The van der Waals surface area contributed by atoms with E-state index < -0.39 is 0 Å². The van der Waals surface area contributed by atoms with Crippen molar-refractivity contribution in [1.82, 2.24) is 15.3 Å². The summed E-state index contributed by atoms with van der Waals surface area (Å²) in [6.07, 6.45) is 4.34. The molecule has 1 fully saturated rings. The van der Waals surface area contributed by atoms with Gasteiger partial charge in [0, 0.05) is 12.7 Å². The lowest BCUT2D eigenvalue weighted by Crippen LogP contribution is -2.31. The molecule has 3 rings (SSSR count). The van der Waals surface area contributed by atoms with E-state index >= 15 is 0 Å². The number of thiazole rings is 1. The van der Waals surface area contributed by atoms with E-state index in [2.05, 4.69) is 20.6 Å². The topological polar surface area (TPSA) is 49.8 Å². The number of hydrogen-bond donors (Lipinski definition) is 2. The fourth-order valence-electron chi connectivity index (χ4n) is 2.16. The van der Waals surface area contributed by atoms with Gasteiger partial charge in [0.15, 0.2) is 5.13 Å². The molecular weight excluding hydrogens is 232 g/mol. The molecule has 0 radical (unpaired) electrons. The van der Waals surface area contributed by atoms with Gasteiger partial charge in [-0.2, -0.15) is 0 Å². The van der Waals surface area contributed by atoms with Crippen molar-refractivity contribution in [1.29, 1.82) is 0 Å². The molecule has 0 spiro atoms. The van der Waals surface area contributed by atoms with Gasteiger partial charge in [-0.25, -0.2) is 9.97 Å². The van der Waals surface area contributed by atoms with Crippen LogP contribution < -0.4 is 10.6 Å². The quantitative estimate of drug-likeness (QED) is 0.873. The monoisotopic (exact) mass is 248 g/mol. The number of aromatic nitrogens is 2. The third-order valence-corrected chi connectivity index (χ3v) is 4.10. The van der Waals surface area contributed by atoms with Crippen LogP contribution in [0.4, 0.5) is 5.13 Å². The summed E-state index contributed by atoms with van der Waals surface area (Å²) in [6, 6.07) is 3.94. The minimum Gasteiger partial charge on any atom is -0.361 e. The minimum atomic E-state index is 0.774. The lowest BCUT2D eigenvalue weighted by atomic mass is 9.98. The van der Waals surface area contributed by atoms with Crippen LogP contribution in [-0.4, -0.2) is 29.6 Å². The molecule has 90 valence electrons. The van der Waals surface area contributed by atoms with E-state index in [1.807, 2.05) is 18.3 Å². The van der Waals surface area contributed by atoms with Crippen molar-refractivity contribution >= 4 is 26.8 Å². The van der Waals surface area contributed by atoms with Crippen molar-refractivity contribution in [2.75, 3.05) is 25.0 Å². The second kappa shape index (κ2) is 4.98. The second-order valence-corrected chi connectivity index (χ2v) is 5.40. The van der Waals surface area contributed by atoms with Gasteiger partial charge in [0.1, 0.15) is 10.3 Å². The summed E-state index contributed by atoms with van der Waals surface area (Å²) in [6.45, 7) is 3.32. The van der Waals surface area contributed by atoms with Crippen LogP contribution in [0.25, 0.3) is 10.3 Å². The summed E-state index contributed by atoms with van der Waals surface area (Å²) in [7, 11) is 0. The summed E-state index contributed by atoms with van der Waals surface area (Å²) in [5, 5.41) is 7.82. The van der Waals surface area contributed by atoms with Gasteiger partial charge in [-0.15, -0.1) is 0 Å². The second-order valence-electron chi connectivity index (χ2n) is 4.42. The molecule has 3 heterocycles. The predicted molar refractivity (Wildman–Crippen MR) is 71.5 cm³/mol. The van der Waals surface area contributed by atoms with E-state index in [1.165, 1.54) is 12.8 Å². The van der Waals surface area contributed by atoms with Crippen molar-refractivity contribution in [3.63, 3.8) is 0 Å². The van der Waals surface area contributed by atoms with Crippen LogP contribution in [0.1, 0.15) is 12.8 Å². The highest BCUT2D eigenvalue weighted by molar-refractivity contribution is 7.21. The number of nitrogens with zero attached hydrogens (tertiary/aromatic N) is 2. The molecule has 0 bridgehead atoms. The Morgan fingerprint density at radius 2 is 2.29 bits per heavy atom. The van der Waals surface area contributed by atoms with E-state index in [0.717, 1.165) is 41.0 Å². The molecule has 1 aliphatic rings. The molecule has 1 aliphatic heterocycles. The zero-order chi connectivity index (χ0) is 11.5. The normalized spacial score (nSPS) is 17.4.